The number of Topliss-reactive ketones (excluding diaryl/α,β-unsaturated/α-hetero) is 1. The molecule has 3 aromatic rings. The Morgan fingerprint density at radius 2 is 1.72 bits per heavy atom. The van der Waals surface area contributed by atoms with Gasteiger partial charge in [0.2, 0.25) is 0 Å². The zero-order valence-electron chi connectivity index (χ0n) is 17.9. The molecule has 32 heavy (non-hydrogen) atoms. The van der Waals surface area contributed by atoms with Crippen LogP contribution in [0.5, 0.6) is 5.75 Å². The molecule has 1 amide bonds. The average Bonchev–Trinajstić information content (AvgIpc) is 3.04. The van der Waals surface area contributed by atoms with Gasteiger partial charge in [0.1, 0.15) is 11.5 Å². The van der Waals surface area contributed by atoms with Crippen molar-refractivity contribution >= 4 is 34.7 Å². The second-order valence-electron chi connectivity index (χ2n) is 7.74. The van der Waals surface area contributed by atoms with Crippen LogP contribution in [0.1, 0.15) is 28.3 Å². The topological polar surface area (TPSA) is 66.8 Å². The maximum Gasteiger partial charge on any atom is 0.300 e. The molecular formula is C26H22ClNO4. The lowest BCUT2D eigenvalue weighted by atomic mass is 9.93. The van der Waals surface area contributed by atoms with E-state index in [1.54, 1.807) is 49.6 Å². The summed E-state index contributed by atoms with van der Waals surface area (Å²) in [5, 5.41) is 11.8. The van der Waals surface area contributed by atoms with Crippen LogP contribution in [0.15, 0.2) is 72.3 Å². The van der Waals surface area contributed by atoms with Crippen LogP contribution in [0.2, 0.25) is 5.02 Å². The van der Waals surface area contributed by atoms with Crippen LogP contribution in [0.4, 0.5) is 5.69 Å². The van der Waals surface area contributed by atoms with Crippen molar-refractivity contribution in [3.8, 4) is 5.75 Å². The third kappa shape index (κ3) is 3.76. The number of nitrogens with zero attached hydrogens (tertiary/aromatic N) is 1. The van der Waals surface area contributed by atoms with Crippen molar-refractivity contribution < 1.29 is 19.4 Å². The van der Waals surface area contributed by atoms with Gasteiger partial charge >= 0.3 is 0 Å². The minimum Gasteiger partial charge on any atom is -0.507 e. The van der Waals surface area contributed by atoms with Crippen LogP contribution in [-0.4, -0.2) is 23.9 Å². The van der Waals surface area contributed by atoms with Crippen LogP contribution < -0.4 is 9.64 Å². The molecule has 0 bridgehead atoms. The van der Waals surface area contributed by atoms with E-state index in [9.17, 15) is 14.7 Å². The molecule has 0 radical (unpaired) electrons. The molecule has 1 heterocycles. The highest BCUT2D eigenvalue weighted by Gasteiger charge is 2.47. The first-order valence-corrected chi connectivity index (χ1v) is 10.5. The summed E-state index contributed by atoms with van der Waals surface area (Å²) in [6.07, 6.45) is 0. The average molecular weight is 448 g/mol. The van der Waals surface area contributed by atoms with E-state index in [2.05, 4.69) is 0 Å². The second-order valence-corrected chi connectivity index (χ2v) is 8.18. The van der Waals surface area contributed by atoms with Gasteiger partial charge in [-0.05, 0) is 67.4 Å². The standard InChI is InChI=1S/C26H22ClNO4/c1-15-5-4-6-17(13-15)23-22(24(29)21-12-11-20(32-3)14-16(21)2)25(30)26(31)28(23)19-9-7-18(27)8-10-19/h4-14,23,29H,1-3H3/b24-22-. The predicted molar refractivity (Wildman–Crippen MR) is 125 cm³/mol. The van der Waals surface area contributed by atoms with Crippen molar-refractivity contribution in [2.45, 2.75) is 19.9 Å². The number of anilines is 1. The molecule has 0 aliphatic carbocycles. The molecule has 162 valence electrons. The van der Waals surface area contributed by atoms with Gasteiger partial charge in [-0.15, -0.1) is 0 Å². The van der Waals surface area contributed by atoms with Crippen LogP contribution in [-0.2, 0) is 9.59 Å². The van der Waals surface area contributed by atoms with Gasteiger partial charge in [0.05, 0.1) is 18.7 Å². The summed E-state index contributed by atoms with van der Waals surface area (Å²) >= 11 is 6.03. The number of hydrogen-bond acceptors (Lipinski definition) is 4. The molecule has 1 aliphatic rings. The van der Waals surface area contributed by atoms with Crippen molar-refractivity contribution in [1.82, 2.24) is 0 Å². The smallest absolute Gasteiger partial charge is 0.300 e. The fourth-order valence-corrected chi connectivity index (χ4v) is 4.16. The molecule has 6 heteroatoms. The molecule has 0 spiro atoms. The molecule has 0 aromatic heterocycles. The highest BCUT2D eigenvalue weighted by Crippen LogP contribution is 2.43. The molecule has 4 rings (SSSR count). The van der Waals surface area contributed by atoms with Gasteiger partial charge in [-0.3, -0.25) is 14.5 Å². The van der Waals surface area contributed by atoms with Crippen molar-refractivity contribution in [1.29, 1.82) is 0 Å². The fraction of sp³-hybridized carbons (Fsp3) is 0.154. The van der Waals surface area contributed by atoms with Crippen molar-refractivity contribution in [3.05, 3.63) is 99.6 Å². The highest BCUT2D eigenvalue weighted by atomic mass is 35.5. The first-order chi connectivity index (χ1) is 15.3. The van der Waals surface area contributed by atoms with Gasteiger partial charge in [0.15, 0.2) is 0 Å². The van der Waals surface area contributed by atoms with E-state index in [-0.39, 0.29) is 11.3 Å². The lowest BCUT2D eigenvalue weighted by molar-refractivity contribution is -0.132. The largest absolute Gasteiger partial charge is 0.507 e. The number of ether oxygens (including phenoxy) is 1. The van der Waals surface area contributed by atoms with Gasteiger partial charge in [-0.2, -0.15) is 0 Å². The van der Waals surface area contributed by atoms with E-state index >= 15 is 0 Å². The Kier molecular flexibility index (Phi) is 5.76. The number of hydrogen-bond donors (Lipinski definition) is 1. The van der Waals surface area contributed by atoms with E-state index in [1.165, 1.54) is 4.90 Å². The van der Waals surface area contributed by atoms with Gasteiger partial charge < -0.3 is 9.84 Å². The molecule has 1 saturated heterocycles. The molecule has 1 unspecified atom stereocenters. The molecule has 3 aromatic carbocycles. The molecule has 1 N–H and O–H groups in total. The summed E-state index contributed by atoms with van der Waals surface area (Å²) in [5.74, 6) is -1.02. The zero-order valence-corrected chi connectivity index (χ0v) is 18.7. The summed E-state index contributed by atoms with van der Waals surface area (Å²) in [6, 6.07) is 18.7. The van der Waals surface area contributed by atoms with Crippen LogP contribution in [0.25, 0.3) is 5.76 Å². The van der Waals surface area contributed by atoms with Crippen molar-refractivity contribution in [2.24, 2.45) is 0 Å². The molecule has 1 fully saturated rings. The Balaban J connectivity index is 1.95. The summed E-state index contributed by atoms with van der Waals surface area (Å²) in [6.45, 7) is 3.75. The van der Waals surface area contributed by atoms with Crippen LogP contribution in [0, 0.1) is 13.8 Å². The zero-order chi connectivity index (χ0) is 23.0. The Labute approximate surface area is 191 Å². The summed E-state index contributed by atoms with van der Waals surface area (Å²) in [7, 11) is 1.56. The lowest BCUT2D eigenvalue weighted by Crippen LogP contribution is -2.29. The molecule has 1 atom stereocenters. The number of amides is 1. The number of aliphatic hydroxyl groups excluding tert-OH is 1. The number of benzene rings is 3. The number of ketones is 1. The Hall–Kier alpha value is -3.57. The maximum atomic E-state index is 13.2. The number of aliphatic hydroxyl groups is 1. The number of carbonyl (C=O) groups is 2. The monoisotopic (exact) mass is 447 g/mol. The number of rotatable bonds is 4. The lowest BCUT2D eigenvalue weighted by Gasteiger charge is -2.26. The summed E-state index contributed by atoms with van der Waals surface area (Å²) in [4.78, 5) is 27.8. The second kappa shape index (κ2) is 8.52. The van der Waals surface area contributed by atoms with Crippen LogP contribution in [0.3, 0.4) is 0 Å². The van der Waals surface area contributed by atoms with E-state index in [0.29, 0.717) is 22.0 Å². The van der Waals surface area contributed by atoms with E-state index in [1.807, 2.05) is 38.1 Å². The first kappa shape index (κ1) is 21.7. The van der Waals surface area contributed by atoms with Gasteiger partial charge in [0, 0.05) is 16.3 Å². The molecular weight excluding hydrogens is 426 g/mol. The van der Waals surface area contributed by atoms with Crippen molar-refractivity contribution in [2.75, 3.05) is 12.0 Å². The normalized spacial score (nSPS) is 17.6. The number of halogens is 1. The third-order valence-electron chi connectivity index (χ3n) is 5.60. The number of methoxy groups -OCH3 is 1. The Morgan fingerprint density at radius 3 is 2.34 bits per heavy atom. The predicted octanol–water partition coefficient (Wildman–Crippen LogP) is 5.59. The van der Waals surface area contributed by atoms with Gasteiger partial charge in [0.25, 0.3) is 11.7 Å². The highest BCUT2D eigenvalue weighted by molar-refractivity contribution is 6.51. The third-order valence-corrected chi connectivity index (χ3v) is 5.85. The molecule has 0 saturated carbocycles. The van der Waals surface area contributed by atoms with E-state index in [4.69, 9.17) is 16.3 Å². The first-order valence-electron chi connectivity index (χ1n) is 10.1. The molecule has 1 aliphatic heterocycles. The Morgan fingerprint density at radius 1 is 1.00 bits per heavy atom. The minimum absolute atomic E-state index is 0.0452. The summed E-state index contributed by atoms with van der Waals surface area (Å²) in [5.41, 5.74) is 3.47. The quantitative estimate of drug-likeness (QED) is 0.321. The van der Waals surface area contributed by atoms with Crippen LogP contribution >= 0.6 is 11.6 Å². The number of aryl methyl sites for hydroxylation is 2. The van der Waals surface area contributed by atoms with Gasteiger partial charge in [-0.25, -0.2) is 0 Å². The summed E-state index contributed by atoms with van der Waals surface area (Å²) < 4.78 is 5.24. The van der Waals surface area contributed by atoms with E-state index < -0.39 is 17.7 Å². The SMILES string of the molecule is COc1ccc(/C(O)=C2/C(=O)C(=O)N(c3ccc(Cl)cc3)C2c2cccc(C)c2)c(C)c1. The minimum atomic E-state index is -0.780. The fourth-order valence-electron chi connectivity index (χ4n) is 4.03. The van der Waals surface area contributed by atoms with Crippen molar-refractivity contribution in [3.63, 3.8) is 0 Å². The molecule has 5 nitrogen and oxygen atoms in total. The number of carbonyl (C=O) groups excluding carboxylic acids is 2. The van der Waals surface area contributed by atoms with Gasteiger partial charge in [-0.1, -0.05) is 41.4 Å². The maximum absolute atomic E-state index is 13.2. The Bertz CT molecular complexity index is 1250. The van der Waals surface area contributed by atoms with E-state index in [0.717, 1.165) is 16.7 Å².